The zero-order valence-corrected chi connectivity index (χ0v) is 18.0. The molecule has 1 aromatic carbocycles. The van der Waals surface area contributed by atoms with E-state index in [9.17, 15) is 35.2 Å². The summed E-state index contributed by atoms with van der Waals surface area (Å²) >= 11 is 0. The molecule has 0 spiro atoms. The number of sulfone groups is 1. The summed E-state index contributed by atoms with van der Waals surface area (Å²) in [5.41, 5.74) is -0.571. The molecule has 178 valence electrons. The standard InChI is InChI=1S/C20H19F5N4O3S/c1-33(31,32)7-6-16(11-2-3-11)28-18(30)14-10-27-19(20(23,24)25)29-17(14)26-9-12-8-13(21)4-5-15(12)22/h4-8,10-11,16H,2-3,9H2,1H3,(H,28,30)(H,26,27,29)/b7-6+/t16-/m1/s1. The van der Waals surface area contributed by atoms with Gasteiger partial charge in [-0.05, 0) is 37.0 Å². The van der Waals surface area contributed by atoms with Gasteiger partial charge in [-0.3, -0.25) is 4.79 Å². The number of nitrogens with one attached hydrogen (secondary N) is 2. The van der Waals surface area contributed by atoms with Crippen LogP contribution in [0.4, 0.5) is 27.8 Å². The Bertz CT molecular complexity index is 1180. The van der Waals surface area contributed by atoms with Crippen LogP contribution in [0.3, 0.4) is 0 Å². The first-order valence-corrected chi connectivity index (χ1v) is 11.6. The number of halogens is 5. The number of aromatic nitrogens is 2. The fraction of sp³-hybridized carbons (Fsp3) is 0.350. The lowest BCUT2D eigenvalue weighted by atomic mass is 10.1. The van der Waals surface area contributed by atoms with Crippen LogP contribution in [0, 0.1) is 17.6 Å². The third-order valence-electron chi connectivity index (χ3n) is 4.70. The van der Waals surface area contributed by atoms with Crippen molar-refractivity contribution >= 4 is 21.6 Å². The molecule has 33 heavy (non-hydrogen) atoms. The lowest BCUT2D eigenvalue weighted by molar-refractivity contribution is -0.144. The molecule has 0 aliphatic heterocycles. The first kappa shape index (κ1) is 24.6. The predicted molar refractivity (Wildman–Crippen MR) is 109 cm³/mol. The Hall–Kier alpha value is -3.09. The molecule has 0 unspecified atom stereocenters. The molecule has 1 aliphatic carbocycles. The Balaban J connectivity index is 1.88. The van der Waals surface area contributed by atoms with E-state index in [1.165, 1.54) is 6.08 Å². The molecule has 0 radical (unpaired) electrons. The fourth-order valence-corrected chi connectivity index (χ4v) is 3.37. The Morgan fingerprint density at radius 2 is 1.97 bits per heavy atom. The van der Waals surface area contributed by atoms with Gasteiger partial charge in [0.1, 0.15) is 23.0 Å². The Kier molecular flexibility index (Phi) is 7.00. The molecule has 7 nitrogen and oxygen atoms in total. The van der Waals surface area contributed by atoms with Crippen LogP contribution in [0.1, 0.15) is 34.6 Å². The lowest BCUT2D eigenvalue weighted by Crippen LogP contribution is -2.36. The maximum absolute atomic E-state index is 13.9. The van der Waals surface area contributed by atoms with Gasteiger partial charge >= 0.3 is 6.18 Å². The maximum atomic E-state index is 13.9. The van der Waals surface area contributed by atoms with E-state index >= 15 is 0 Å². The third-order valence-corrected chi connectivity index (χ3v) is 5.35. The van der Waals surface area contributed by atoms with Crippen LogP contribution in [-0.4, -0.2) is 36.6 Å². The van der Waals surface area contributed by atoms with Crippen molar-refractivity contribution in [1.29, 1.82) is 0 Å². The van der Waals surface area contributed by atoms with Crippen molar-refractivity contribution in [2.75, 3.05) is 11.6 Å². The number of benzene rings is 1. The van der Waals surface area contributed by atoms with Gasteiger partial charge in [0, 0.05) is 30.0 Å². The van der Waals surface area contributed by atoms with Crippen molar-refractivity contribution in [3.63, 3.8) is 0 Å². The first-order chi connectivity index (χ1) is 15.3. The lowest BCUT2D eigenvalue weighted by Gasteiger charge is -2.17. The van der Waals surface area contributed by atoms with Crippen molar-refractivity contribution < 1.29 is 35.2 Å². The largest absolute Gasteiger partial charge is 0.451 e. The molecule has 1 amide bonds. The summed E-state index contributed by atoms with van der Waals surface area (Å²) in [6, 6.07) is 1.91. The summed E-state index contributed by atoms with van der Waals surface area (Å²) in [6.07, 6.45) is -0.513. The van der Waals surface area contributed by atoms with Gasteiger partial charge in [-0.2, -0.15) is 13.2 Å². The van der Waals surface area contributed by atoms with Gasteiger partial charge in [0.05, 0.1) is 6.04 Å². The second-order valence-electron chi connectivity index (χ2n) is 7.54. The molecule has 0 bridgehead atoms. The average Bonchev–Trinajstić information content (AvgIpc) is 3.55. The van der Waals surface area contributed by atoms with Gasteiger partial charge in [-0.15, -0.1) is 0 Å². The maximum Gasteiger partial charge on any atom is 0.451 e. The van der Waals surface area contributed by atoms with Crippen LogP contribution in [0.5, 0.6) is 0 Å². The van der Waals surface area contributed by atoms with E-state index in [4.69, 9.17) is 0 Å². The topological polar surface area (TPSA) is 101 Å². The number of hydrogen-bond donors (Lipinski definition) is 2. The highest BCUT2D eigenvalue weighted by atomic mass is 32.2. The van der Waals surface area contributed by atoms with E-state index in [0.717, 1.165) is 42.7 Å². The van der Waals surface area contributed by atoms with E-state index in [0.29, 0.717) is 6.20 Å². The molecule has 1 aliphatic rings. The molecule has 1 atom stereocenters. The highest BCUT2D eigenvalue weighted by molar-refractivity contribution is 7.93. The highest BCUT2D eigenvalue weighted by Crippen LogP contribution is 2.34. The Morgan fingerprint density at radius 3 is 2.58 bits per heavy atom. The minimum Gasteiger partial charge on any atom is -0.365 e. The fourth-order valence-electron chi connectivity index (χ4n) is 2.91. The van der Waals surface area contributed by atoms with Gasteiger partial charge < -0.3 is 10.6 Å². The van der Waals surface area contributed by atoms with Crippen LogP contribution in [-0.2, 0) is 22.6 Å². The van der Waals surface area contributed by atoms with Gasteiger partial charge in [-0.25, -0.2) is 27.2 Å². The average molecular weight is 490 g/mol. The van der Waals surface area contributed by atoms with Crippen LogP contribution in [0.25, 0.3) is 0 Å². The molecular formula is C20H19F5N4O3S. The zero-order valence-electron chi connectivity index (χ0n) is 17.2. The highest BCUT2D eigenvalue weighted by Gasteiger charge is 2.36. The van der Waals surface area contributed by atoms with Gasteiger partial charge in [-0.1, -0.05) is 6.08 Å². The molecule has 2 aromatic rings. The smallest absolute Gasteiger partial charge is 0.365 e. The van der Waals surface area contributed by atoms with Crippen molar-refractivity contribution in [2.24, 2.45) is 5.92 Å². The summed E-state index contributed by atoms with van der Waals surface area (Å²) < 4.78 is 89.4. The number of amides is 1. The number of carbonyl (C=O) groups is 1. The Labute approximate surface area is 186 Å². The summed E-state index contributed by atoms with van der Waals surface area (Å²) in [7, 11) is -3.46. The van der Waals surface area contributed by atoms with Crippen LogP contribution in [0.2, 0.25) is 0 Å². The first-order valence-electron chi connectivity index (χ1n) is 9.64. The number of rotatable bonds is 8. The summed E-state index contributed by atoms with van der Waals surface area (Å²) in [6.45, 7) is -0.460. The third kappa shape index (κ3) is 6.94. The van der Waals surface area contributed by atoms with Crippen molar-refractivity contribution in [3.05, 3.63) is 64.5 Å². The molecule has 1 fully saturated rings. The van der Waals surface area contributed by atoms with E-state index in [2.05, 4.69) is 20.6 Å². The van der Waals surface area contributed by atoms with Crippen LogP contribution >= 0.6 is 0 Å². The number of hydrogen-bond acceptors (Lipinski definition) is 6. The second-order valence-corrected chi connectivity index (χ2v) is 9.47. The molecule has 1 heterocycles. The minimum absolute atomic E-state index is 0.0277. The molecule has 13 heteroatoms. The second kappa shape index (κ2) is 9.41. The van der Waals surface area contributed by atoms with Crippen LogP contribution in [0.15, 0.2) is 35.9 Å². The van der Waals surface area contributed by atoms with Crippen molar-refractivity contribution in [1.82, 2.24) is 15.3 Å². The quantitative estimate of drug-likeness (QED) is 0.550. The molecule has 1 saturated carbocycles. The SMILES string of the molecule is CS(=O)(=O)/C=C/[C@@H](NC(=O)c1cnc(C(F)(F)F)nc1NCc1cc(F)ccc1F)C1CC1. The monoisotopic (exact) mass is 490 g/mol. The van der Waals surface area contributed by atoms with Gasteiger partial charge in [0.25, 0.3) is 5.91 Å². The van der Waals surface area contributed by atoms with E-state index < -0.39 is 57.8 Å². The number of anilines is 1. The molecular weight excluding hydrogens is 471 g/mol. The van der Waals surface area contributed by atoms with Gasteiger partial charge in [0.15, 0.2) is 9.84 Å². The van der Waals surface area contributed by atoms with Crippen LogP contribution < -0.4 is 10.6 Å². The molecule has 1 aromatic heterocycles. The molecule has 3 rings (SSSR count). The number of carbonyl (C=O) groups excluding carboxylic acids is 1. The number of alkyl halides is 3. The van der Waals surface area contributed by atoms with E-state index in [1.807, 2.05) is 0 Å². The van der Waals surface area contributed by atoms with E-state index in [1.54, 1.807) is 0 Å². The van der Waals surface area contributed by atoms with E-state index in [-0.39, 0.29) is 17.0 Å². The predicted octanol–water partition coefficient (Wildman–Crippen LogP) is 3.45. The molecule has 0 saturated heterocycles. The summed E-state index contributed by atoms with van der Waals surface area (Å²) in [4.78, 5) is 19.3. The summed E-state index contributed by atoms with van der Waals surface area (Å²) in [5.74, 6) is -4.52. The Morgan fingerprint density at radius 1 is 1.27 bits per heavy atom. The van der Waals surface area contributed by atoms with Gasteiger partial charge in [0.2, 0.25) is 5.82 Å². The van der Waals surface area contributed by atoms with Crippen molar-refractivity contribution in [2.45, 2.75) is 31.6 Å². The molecule has 2 N–H and O–H groups in total. The zero-order chi connectivity index (χ0) is 24.4. The summed E-state index contributed by atoms with van der Waals surface area (Å²) in [5, 5.41) is 5.93. The minimum atomic E-state index is -4.91. The normalized spacial score (nSPS) is 15.5. The van der Waals surface area contributed by atoms with Crippen molar-refractivity contribution in [3.8, 4) is 0 Å². The number of nitrogens with zero attached hydrogens (tertiary/aromatic N) is 2.